The molecule has 0 fully saturated rings. The lowest BCUT2D eigenvalue weighted by molar-refractivity contribution is 0.174. The van der Waals surface area contributed by atoms with Crippen LogP contribution in [0.5, 0.6) is 0 Å². The fraction of sp³-hybridized carbons (Fsp3) is 0.0435. The highest BCUT2D eigenvalue weighted by Crippen LogP contribution is 2.25. The summed E-state index contributed by atoms with van der Waals surface area (Å²) < 4.78 is 6.42. The van der Waals surface area contributed by atoms with Gasteiger partial charge < -0.3 is 4.74 Å². The van der Waals surface area contributed by atoms with Gasteiger partial charge >= 0.3 is 6.09 Å². The number of para-hydroxylation sites is 2. The molecule has 0 atom stereocenters. The molecule has 4 heteroatoms. The highest BCUT2D eigenvalue weighted by molar-refractivity contribution is 5.91. The van der Waals surface area contributed by atoms with Crippen LogP contribution in [-0.2, 0) is 4.74 Å². The van der Waals surface area contributed by atoms with E-state index in [2.05, 4.69) is 16.8 Å². The zero-order chi connectivity index (χ0) is 18.6. The van der Waals surface area contributed by atoms with Crippen LogP contribution in [0.3, 0.4) is 0 Å². The normalized spacial score (nSPS) is 10.3. The molecule has 0 saturated heterocycles. The van der Waals surface area contributed by atoms with Crippen molar-refractivity contribution >= 4 is 17.1 Å². The van der Waals surface area contributed by atoms with Gasteiger partial charge in [0, 0.05) is 16.7 Å². The lowest BCUT2D eigenvalue weighted by Crippen LogP contribution is -2.12. The number of methoxy groups -OCH3 is 1. The van der Waals surface area contributed by atoms with Crippen LogP contribution in [-0.4, -0.2) is 22.8 Å². The Morgan fingerprint density at radius 1 is 0.852 bits per heavy atom. The van der Waals surface area contributed by atoms with Gasteiger partial charge in [0.05, 0.1) is 18.1 Å². The summed E-state index contributed by atoms with van der Waals surface area (Å²) in [5, 5.41) is 0. The van der Waals surface area contributed by atoms with Crippen molar-refractivity contribution in [2.45, 2.75) is 0 Å². The van der Waals surface area contributed by atoms with E-state index in [1.165, 1.54) is 11.7 Å². The monoisotopic (exact) mass is 352 g/mol. The molecule has 0 aliphatic carbocycles. The first-order valence-corrected chi connectivity index (χ1v) is 8.49. The average Bonchev–Trinajstić information content (AvgIpc) is 3.12. The number of hydrogen-bond acceptors (Lipinski definition) is 3. The maximum atomic E-state index is 12.3. The Hall–Kier alpha value is -3.84. The number of aromatic nitrogens is 2. The molecule has 4 rings (SSSR count). The van der Waals surface area contributed by atoms with Crippen molar-refractivity contribution in [3.63, 3.8) is 0 Å². The standard InChI is InChI=1S/C23H16N2O2/c1-27-23(26)25-21-10-6-5-9-20(21)24-22(25)19-15-13-18(14-16-19)12-11-17-7-3-2-4-8-17/h2-10,13-16H,1H3. The number of imidazole rings is 1. The van der Waals surface area contributed by atoms with Gasteiger partial charge in [0.25, 0.3) is 0 Å². The molecule has 1 heterocycles. The predicted octanol–water partition coefficient (Wildman–Crippen LogP) is 4.72. The van der Waals surface area contributed by atoms with E-state index in [0.717, 1.165) is 22.2 Å². The third-order valence-electron chi connectivity index (χ3n) is 4.19. The van der Waals surface area contributed by atoms with Gasteiger partial charge in [-0.2, -0.15) is 0 Å². The third-order valence-corrected chi connectivity index (χ3v) is 4.19. The molecule has 0 aliphatic heterocycles. The molecule has 0 saturated carbocycles. The smallest absolute Gasteiger partial charge is 0.419 e. The minimum Gasteiger partial charge on any atom is -0.452 e. The first-order chi connectivity index (χ1) is 13.3. The van der Waals surface area contributed by atoms with Gasteiger partial charge in [-0.15, -0.1) is 0 Å². The maximum absolute atomic E-state index is 12.3. The highest BCUT2D eigenvalue weighted by Gasteiger charge is 2.18. The fourth-order valence-electron chi connectivity index (χ4n) is 2.86. The summed E-state index contributed by atoms with van der Waals surface area (Å²) in [6, 6.07) is 25.0. The number of carbonyl (C=O) groups is 1. The lowest BCUT2D eigenvalue weighted by Gasteiger charge is -2.06. The van der Waals surface area contributed by atoms with Crippen LogP contribution in [0.2, 0.25) is 0 Å². The van der Waals surface area contributed by atoms with Gasteiger partial charge in [0.1, 0.15) is 0 Å². The molecule has 1 aromatic heterocycles. The van der Waals surface area contributed by atoms with Gasteiger partial charge in [-0.1, -0.05) is 54.3 Å². The summed E-state index contributed by atoms with van der Waals surface area (Å²) in [5.74, 6) is 6.83. The Kier molecular flexibility index (Phi) is 4.42. The van der Waals surface area contributed by atoms with E-state index < -0.39 is 6.09 Å². The summed E-state index contributed by atoms with van der Waals surface area (Å²) in [7, 11) is 1.36. The summed E-state index contributed by atoms with van der Waals surface area (Å²) in [6.45, 7) is 0. The number of ether oxygens (including phenoxy) is 1. The highest BCUT2D eigenvalue weighted by atomic mass is 16.5. The lowest BCUT2D eigenvalue weighted by atomic mass is 10.1. The quantitative estimate of drug-likeness (QED) is 0.466. The van der Waals surface area contributed by atoms with Gasteiger partial charge in [-0.25, -0.2) is 14.3 Å². The third kappa shape index (κ3) is 3.31. The summed E-state index contributed by atoms with van der Waals surface area (Å²) in [6.07, 6.45) is -0.466. The number of benzene rings is 3. The van der Waals surface area contributed by atoms with Crippen molar-refractivity contribution in [2.24, 2.45) is 0 Å². The number of rotatable bonds is 1. The molecule has 0 spiro atoms. The number of carbonyl (C=O) groups excluding carboxylic acids is 1. The minimum absolute atomic E-state index is 0.466. The van der Waals surface area contributed by atoms with Gasteiger partial charge in [-0.05, 0) is 36.4 Å². The van der Waals surface area contributed by atoms with Crippen LogP contribution in [0.15, 0.2) is 78.9 Å². The van der Waals surface area contributed by atoms with Gasteiger partial charge in [-0.3, -0.25) is 0 Å². The second kappa shape index (κ2) is 7.19. The number of nitrogens with zero attached hydrogens (tertiary/aromatic N) is 2. The molecule has 0 unspecified atom stereocenters. The summed E-state index contributed by atoms with van der Waals surface area (Å²) >= 11 is 0. The Bertz CT molecular complexity index is 1160. The van der Waals surface area contributed by atoms with Crippen LogP contribution in [0.4, 0.5) is 4.79 Å². The van der Waals surface area contributed by atoms with E-state index in [4.69, 9.17) is 4.74 Å². The van der Waals surface area contributed by atoms with Gasteiger partial charge in [0.2, 0.25) is 0 Å². The predicted molar refractivity (Wildman–Crippen MR) is 105 cm³/mol. The zero-order valence-corrected chi connectivity index (χ0v) is 14.7. The van der Waals surface area contributed by atoms with E-state index in [-0.39, 0.29) is 0 Å². The van der Waals surface area contributed by atoms with Crippen LogP contribution in [0, 0.1) is 11.8 Å². The van der Waals surface area contributed by atoms with Crippen molar-refractivity contribution in [3.8, 4) is 23.2 Å². The number of fused-ring (bicyclic) bond motifs is 1. The number of hydrogen-bond donors (Lipinski definition) is 0. The van der Waals surface area contributed by atoms with Crippen LogP contribution in [0.25, 0.3) is 22.4 Å². The molecule has 0 aliphatic rings. The molecule has 4 aromatic rings. The molecule has 0 N–H and O–H groups in total. The first kappa shape index (κ1) is 16.6. The van der Waals surface area contributed by atoms with Crippen molar-refractivity contribution in [2.75, 3.05) is 7.11 Å². The van der Waals surface area contributed by atoms with Crippen molar-refractivity contribution in [3.05, 3.63) is 90.0 Å². The second-order valence-electron chi connectivity index (χ2n) is 5.92. The van der Waals surface area contributed by atoms with E-state index in [1.807, 2.05) is 78.9 Å². The summed E-state index contributed by atoms with van der Waals surface area (Å²) in [4.78, 5) is 16.9. The largest absolute Gasteiger partial charge is 0.452 e. The van der Waals surface area contributed by atoms with Crippen LogP contribution in [0.1, 0.15) is 11.1 Å². The van der Waals surface area contributed by atoms with E-state index in [0.29, 0.717) is 11.3 Å². The minimum atomic E-state index is -0.466. The molecule has 0 amide bonds. The molecular formula is C23H16N2O2. The second-order valence-corrected chi connectivity index (χ2v) is 5.92. The average molecular weight is 352 g/mol. The molecule has 3 aromatic carbocycles. The van der Waals surface area contributed by atoms with E-state index >= 15 is 0 Å². The SMILES string of the molecule is COC(=O)n1c(-c2ccc(C#Cc3ccccc3)cc2)nc2ccccc21. The molecule has 4 nitrogen and oxygen atoms in total. The zero-order valence-electron chi connectivity index (χ0n) is 14.7. The van der Waals surface area contributed by atoms with E-state index in [9.17, 15) is 4.79 Å². The topological polar surface area (TPSA) is 44.1 Å². The van der Waals surface area contributed by atoms with Crippen molar-refractivity contribution < 1.29 is 9.53 Å². The Labute approximate surface area is 157 Å². The molecule has 27 heavy (non-hydrogen) atoms. The molecular weight excluding hydrogens is 336 g/mol. The molecule has 130 valence electrons. The van der Waals surface area contributed by atoms with Gasteiger partial charge in [0.15, 0.2) is 5.82 Å². The van der Waals surface area contributed by atoms with Crippen LogP contribution >= 0.6 is 0 Å². The first-order valence-electron chi connectivity index (χ1n) is 8.49. The molecule has 0 radical (unpaired) electrons. The Morgan fingerprint density at radius 2 is 1.48 bits per heavy atom. The molecule has 0 bridgehead atoms. The van der Waals surface area contributed by atoms with Crippen molar-refractivity contribution in [1.82, 2.24) is 9.55 Å². The van der Waals surface area contributed by atoms with Crippen LogP contribution < -0.4 is 0 Å². The summed E-state index contributed by atoms with van der Waals surface area (Å²) in [5.41, 5.74) is 4.14. The van der Waals surface area contributed by atoms with E-state index in [1.54, 1.807) is 0 Å². The maximum Gasteiger partial charge on any atom is 0.419 e. The Morgan fingerprint density at radius 3 is 2.19 bits per heavy atom. The fourth-order valence-corrected chi connectivity index (χ4v) is 2.86. The Balaban J connectivity index is 1.72. The van der Waals surface area contributed by atoms with Crippen molar-refractivity contribution in [1.29, 1.82) is 0 Å².